The van der Waals surface area contributed by atoms with Gasteiger partial charge in [0.1, 0.15) is 24.6 Å². The molecular formula is C29H36FN5O3. The minimum Gasteiger partial charge on any atom is -0.332 e. The van der Waals surface area contributed by atoms with Gasteiger partial charge in [0.25, 0.3) is 0 Å². The first-order chi connectivity index (χ1) is 18.1. The molecule has 4 amide bonds. The van der Waals surface area contributed by atoms with E-state index in [4.69, 9.17) is 0 Å². The molecule has 2 aromatic rings. The zero-order valence-electron chi connectivity index (χ0n) is 22.4. The number of nitrogens with zero attached hydrogens (tertiary/aromatic N) is 4. The average Bonchev–Trinajstić information content (AvgIpc) is 2.92. The molecular weight excluding hydrogens is 485 g/mol. The molecule has 2 heterocycles. The van der Waals surface area contributed by atoms with Crippen molar-refractivity contribution in [1.29, 1.82) is 0 Å². The van der Waals surface area contributed by atoms with Gasteiger partial charge in [0, 0.05) is 12.2 Å². The lowest BCUT2D eigenvalue weighted by Gasteiger charge is -2.57. The molecule has 0 bridgehead atoms. The molecule has 202 valence electrons. The minimum absolute atomic E-state index is 0.0930. The van der Waals surface area contributed by atoms with Crippen LogP contribution in [0.15, 0.2) is 66.9 Å². The third-order valence-corrected chi connectivity index (χ3v) is 7.57. The van der Waals surface area contributed by atoms with Crippen LogP contribution in [0.4, 0.5) is 9.18 Å². The minimum atomic E-state index is -0.718. The number of rotatable bonds is 7. The normalized spacial score (nSPS) is 21.2. The summed E-state index contributed by atoms with van der Waals surface area (Å²) in [6.45, 7) is 11.9. The highest BCUT2D eigenvalue weighted by Gasteiger charge is 2.53. The Balaban J connectivity index is 1.70. The number of carbonyl (C=O) groups excluding carboxylic acids is 3. The van der Waals surface area contributed by atoms with Crippen LogP contribution in [0.1, 0.15) is 51.3 Å². The molecule has 1 unspecified atom stereocenters. The summed E-state index contributed by atoms with van der Waals surface area (Å²) in [6, 6.07) is 14.3. The van der Waals surface area contributed by atoms with Crippen molar-refractivity contribution in [1.82, 2.24) is 25.1 Å². The summed E-state index contributed by atoms with van der Waals surface area (Å²) >= 11 is 0. The molecule has 0 aliphatic carbocycles. The molecule has 2 aliphatic heterocycles. The van der Waals surface area contributed by atoms with Crippen LogP contribution >= 0.6 is 0 Å². The Morgan fingerprint density at radius 1 is 1.11 bits per heavy atom. The molecule has 4 atom stereocenters. The molecule has 2 aromatic carbocycles. The van der Waals surface area contributed by atoms with E-state index in [-0.39, 0.29) is 49.2 Å². The Morgan fingerprint density at radius 2 is 1.76 bits per heavy atom. The van der Waals surface area contributed by atoms with Crippen LogP contribution in [0.25, 0.3) is 0 Å². The van der Waals surface area contributed by atoms with Crippen LogP contribution in [0.2, 0.25) is 0 Å². The number of urea groups is 1. The fourth-order valence-corrected chi connectivity index (χ4v) is 5.22. The number of hydrogen-bond donors (Lipinski definition) is 1. The Morgan fingerprint density at radius 3 is 2.37 bits per heavy atom. The predicted octanol–water partition coefficient (Wildman–Crippen LogP) is 4.27. The largest absolute Gasteiger partial charge is 0.338 e. The smallest absolute Gasteiger partial charge is 0.332 e. The van der Waals surface area contributed by atoms with E-state index in [1.54, 1.807) is 33.9 Å². The summed E-state index contributed by atoms with van der Waals surface area (Å²) in [5.41, 5.74) is 2.25. The fraction of sp³-hybridized carbons (Fsp3) is 0.414. The van der Waals surface area contributed by atoms with E-state index in [0.717, 1.165) is 11.1 Å². The maximum Gasteiger partial charge on any atom is 0.338 e. The molecule has 4 rings (SSSR count). The monoisotopic (exact) mass is 521 g/mol. The van der Waals surface area contributed by atoms with E-state index in [1.165, 1.54) is 17.1 Å². The van der Waals surface area contributed by atoms with Crippen molar-refractivity contribution in [2.24, 2.45) is 5.92 Å². The second kappa shape index (κ2) is 11.2. The van der Waals surface area contributed by atoms with Gasteiger partial charge < -0.3 is 15.1 Å². The SMILES string of the molecule is C=C(C)N1CC(=O)N2[C@@H](C(C)CC)C(=O)N([C@H](C)c3ccccc3)C[C@@H]2N1C(=O)NCc1ccc(F)cc1. The number of nitrogens with one attached hydrogen (secondary N) is 1. The Bertz CT molecular complexity index is 1190. The Labute approximate surface area is 223 Å². The molecule has 2 saturated heterocycles. The number of halogens is 1. The molecule has 1 N–H and O–H groups in total. The van der Waals surface area contributed by atoms with Crippen LogP contribution in [0, 0.1) is 11.7 Å². The van der Waals surface area contributed by atoms with E-state index >= 15 is 0 Å². The highest BCUT2D eigenvalue weighted by molar-refractivity contribution is 5.92. The fourth-order valence-electron chi connectivity index (χ4n) is 5.22. The standard InChI is InChI=1S/C29H36FN5O3/c1-6-20(4)27-28(37)32(21(5)23-10-8-7-9-11-23)17-25-34(27)26(36)18-33(19(2)3)35(25)29(38)31-16-22-12-14-24(30)15-13-22/h7-15,20-21,25,27H,2,6,16-18H2,1,3-5H3,(H,31,38)/t20?,21-,25+,27+/m1/s1. The lowest BCUT2D eigenvalue weighted by molar-refractivity contribution is -0.191. The second-order valence-electron chi connectivity index (χ2n) is 10.1. The quantitative estimate of drug-likeness (QED) is 0.590. The number of amides is 4. The van der Waals surface area contributed by atoms with Crippen molar-refractivity contribution in [3.05, 3.63) is 83.8 Å². The lowest BCUT2D eigenvalue weighted by Crippen LogP contribution is -2.77. The topological polar surface area (TPSA) is 76.2 Å². The number of hydrazine groups is 1. The zero-order valence-corrected chi connectivity index (χ0v) is 22.4. The first-order valence-electron chi connectivity index (χ1n) is 13.0. The van der Waals surface area contributed by atoms with Gasteiger partial charge in [0.15, 0.2) is 0 Å². The summed E-state index contributed by atoms with van der Waals surface area (Å²) in [4.78, 5) is 44.5. The molecule has 8 nitrogen and oxygen atoms in total. The van der Waals surface area contributed by atoms with Gasteiger partial charge in [-0.3, -0.25) is 14.6 Å². The van der Waals surface area contributed by atoms with Crippen molar-refractivity contribution in [2.75, 3.05) is 13.1 Å². The third kappa shape index (κ3) is 5.23. The Kier molecular flexibility index (Phi) is 8.04. The van der Waals surface area contributed by atoms with Gasteiger partial charge in [-0.1, -0.05) is 69.3 Å². The summed E-state index contributed by atoms with van der Waals surface area (Å²) in [6.07, 6.45) is -0.0226. The molecule has 2 aliphatic rings. The van der Waals surface area contributed by atoms with E-state index < -0.39 is 18.2 Å². The van der Waals surface area contributed by atoms with Crippen molar-refractivity contribution in [3.8, 4) is 0 Å². The Hall–Kier alpha value is -3.88. The van der Waals surface area contributed by atoms with E-state index in [9.17, 15) is 18.8 Å². The molecule has 0 aromatic heterocycles. The molecule has 0 radical (unpaired) electrons. The van der Waals surface area contributed by atoms with Gasteiger partial charge >= 0.3 is 6.03 Å². The highest BCUT2D eigenvalue weighted by Crippen LogP contribution is 2.35. The van der Waals surface area contributed by atoms with Crippen LogP contribution in [-0.2, 0) is 16.1 Å². The van der Waals surface area contributed by atoms with Gasteiger partial charge in [-0.05, 0) is 43.0 Å². The van der Waals surface area contributed by atoms with Crippen molar-refractivity contribution in [2.45, 2.75) is 58.9 Å². The lowest BCUT2D eigenvalue weighted by atomic mass is 9.91. The van der Waals surface area contributed by atoms with Gasteiger partial charge in [-0.15, -0.1) is 0 Å². The number of carbonyl (C=O) groups is 3. The molecule has 0 saturated carbocycles. The van der Waals surface area contributed by atoms with Gasteiger partial charge in [0.2, 0.25) is 11.8 Å². The van der Waals surface area contributed by atoms with E-state index in [0.29, 0.717) is 12.1 Å². The number of piperazine rings is 1. The average molecular weight is 522 g/mol. The maximum atomic E-state index is 13.9. The summed E-state index contributed by atoms with van der Waals surface area (Å²) in [5.74, 6) is -0.795. The number of fused-ring (bicyclic) bond motifs is 1. The first kappa shape index (κ1) is 27.2. The van der Waals surface area contributed by atoms with E-state index in [1.807, 2.05) is 51.1 Å². The second-order valence-corrected chi connectivity index (χ2v) is 10.1. The first-order valence-corrected chi connectivity index (χ1v) is 13.0. The van der Waals surface area contributed by atoms with Crippen LogP contribution in [0.3, 0.4) is 0 Å². The number of allylic oxidation sites excluding steroid dienone is 1. The molecule has 38 heavy (non-hydrogen) atoms. The zero-order chi connectivity index (χ0) is 27.6. The summed E-state index contributed by atoms with van der Waals surface area (Å²) < 4.78 is 13.3. The number of hydrogen-bond acceptors (Lipinski definition) is 4. The van der Waals surface area contributed by atoms with Crippen LogP contribution in [-0.4, -0.2) is 63.0 Å². The highest BCUT2D eigenvalue weighted by atomic mass is 19.1. The van der Waals surface area contributed by atoms with E-state index in [2.05, 4.69) is 11.9 Å². The summed E-state index contributed by atoms with van der Waals surface area (Å²) in [7, 11) is 0. The van der Waals surface area contributed by atoms with Gasteiger partial charge in [-0.2, -0.15) is 0 Å². The van der Waals surface area contributed by atoms with Gasteiger partial charge in [0.05, 0.1) is 12.6 Å². The van der Waals surface area contributed by atoms with Gasteiger partial charge in [-0.25, -0.2) is 14.2 Å². The van der Waals surface area contributed by atoms with Crippen molar-refractivity contribution in [3.63, 3.8) is 0 Å². The third-order valence-electron chi connectivity index (χ3n) is 7.57. The molecule has 2 fully saturated rings. The van der Waals surface area contributed by atoms with Crippen molar-refractivity contribution >= 4 is 17.8 Å². The molecule has 0 spiro atoms. The summed E-state index contributed by atoms with van der Waals surface area (Å²) in [5, 5.41) is 6.00. The maximum absolute atomic E-state index is 13.9. The number of benzene rings is 2. The predicted molar refractivity (Wildman–Crippen MR) is 142 cm³/mol. The molecule has 9 heteroatoms. The van der Waals surface area contributed by atoms with Crippen LogP contribution < -0.4 is 5.32 Å². The van der Waals surface area contributed by atoms with Crippen molar-refractivity contribution < 1.29 is 18.8 Å². The van der Waals surface area contributed by atoms with Crippen LogP contribution in [0.5, 0.6) is 0 Å².